The van der Waals surface area contributed by atoms with Gasteiger partial charge in [-0.15, -0.1) is 0 Å². The summed E-state index contributed by atoms with van der Waals surface area (Å²) in [5, 5.41) is 11.4. The van der Waals surface area contributed by atoms with E-state index in [4.69, 9.17) is 4.74 Å². The maximum atomic E-state index is 11.4. The smallest absolute Gasteiger partial charge is 0.125 e. The van der Waals surface area contributed by atoms with E-state index in [2.05, 4.69) is 16.7 Å². The number of hydrogen-bond donors (Lipinski definition) is 1. The summed E-state index contributed by atoms with van der Waals surface area (Å²) < 4.78 is 5.35. The molecule has 0 aromatic heterocycles. The van der Waals surface area contributed by atoms with E-state index in [-0.39, 0.29) is 12.4 Å². The summed E-state index contributed by atoms with van der Waals surface area (Å²) in [6, 6.07) is 19.5. The Morgan fingerprint density at radius 2 is 1.40 bits per heavy atom. The van der Waals surface area contributed by atoms with E-state index in [0.29, 0.717) is 6.42 Å². The summed E-state index contributed by atoms with van der Waals surface area (Å²) >= 11 is 0. The monoisotopic (exact) mass is 356 g/mol. The van der Waals surface area contributed by atoms with Crippen molar-refractivity contribution in [1.29, 1.82) is 0 Å². The average molecular weight is 357 g/mol. The third kappa shape index (κ3) is 5.07. The first-order valence-electron chi connectivity index (χ1n) is 8.38. The molecule has 0 radical (unpaired) electrons. The molecule has 2 aromatic carbocycles. The molecule has 1 aliphatic rings. The topological polar surface area (TPSA) is 32.7 Å². The molecule has 1 heterocycles. The zero-order valence-electron chi connectivity index (χ0n) is 14.2. The van der Waals surface area contributed by atoms with Gasteiger partial charge < -0.3 is 22.3 Å². The third-order valence-corrected chi connectivity index (χ3v) is 4.38. The predicted molar refractivity (Wildman–Crippen MR) is 95.5 cm³/mol. The lowest BCUT2D eigenvalue weighted by Gasteiger charge is -2.27. The van der Waals surface area contributed by atoms with Gasteiger partial charge in [-0.25, -0.2) is 0 Å². The van der Waals surface area contributed by atoms with E-state index in [9.17, 15) is 5.11 Å². The van der Waals surface area contributed by atoms with Crippen molar-refractivity contribution >= 4 is 0 Å². The fraction of sp³-hybridized carbons (Fsp3) is 0.333. The minimum atomic E-state index is -1.08. The minimum absolute atomic E-state index is 0. The molecule has 0 unspecified atom stereocenters. The number of nitrogens with zero attached hydrogens (tertiary/aromatic N) is 1. The molecule has 0 atom stereocenters. The largest absolute Gasteiger partial charge is 1.00 e. The number of aliphatic hydroxyl groups is 1. The van der Waals surface area contributed by atoms with Crippen molar-refractivity contribution in [2.45, 2.75) is 12.0 Å². The number of hydrogen-bond acceptors (Lipinski definition) is 3. The van der Waals surface area contributed by atoms with Crippen LogP contribution in [0.15, 0.2) is 60.7 Å². The van der Waals surface area contributed by atoms with Crippen LogP contribution in [0.1, 0.15) is 17.5 Å². The Bertz CT molecular complexity index is 649. The van der Waals surface area contributed by atoms with Crippen molar-refractivity contribution in [2.24, 2.45) is 0 Å². The molecule has 1 saturated heterocycles. The van der Waals surface area contributed by atoms with Crippen LogP contribution >= 0.6 is 0 Å². The number of rotatable bonds is 4. The van der Waals surface area contributed by atoms with Crippen LogP contribution in [0, 0.1) is 11.8 Å². The molecule has 0 aliphatic carbocycles. The van der Waals surface area contributed by atoms with Gasteiger partial charge in [0.05, 0.1) is 19.8 Å². The second-order valence-corrected chi connectivity index (χ2v) is 6.01. The second kappa shape index (κ2) is 9.60. The summed E-state index contributed by atoms with van der Waals surface area (Å²) in [5.41, 5.74) is 0.661. The number of benzene rings is 2. The van der Waals surface area contributed by atoms with E-state index in [1.165, 1.54) is 0 Å². The molecule has 0 saturated carbocycles. The fourth-order valence-corrected chi connectivity index (χ4v) is 2.92. The van der Waals surface area contributed by atoms with Gasteiger partial charge in [-0.05, 0) is 11.1 Å². The van der Waals surface area contributed by atoms with Crippen LogP contribution in [-0.2, 0) is 10.3 Å². The second-order valence-electron chi connectivity index (χ2n) is 6.01. The molecule has 0 spiro atoms. The van der Waals surface area contributed by atoms with Gasteiger partial charge in [-0.3, -0.25) is 4.90 Å². The lowest BCUT2D eigenvalue weighted by atomic mass is 9.84. The molecule has 4 heteroatoms. The predicted octanol–water partition coefficient (Wildman–Crippen LogP) is -0.348. The highest BCUT2D eigenvalue weighted by atomic mass is 35.5. The van der Waals surface area contributed by atoms with Crippen LogP contribution in [0.3, 0.4) is 0 Å². The maximum Gasteiger partial charge on any atom is 0.125 e. The molecule has 1 aliphatic heterocycles. The Morgan fingerprint density at radius 1 is 0.880 bits per heavy atom. The number of halogens is 1. The molecule has 132 valence electrons. The van der Waals surface area contributed by atoms with Crippen molar-refractivity contribution in [3.63, 3.8) is 0 Å². The van der Waals surface area contributed by atoms with Crippen molar-refractivity contribution < 1.29 is 22.3 Å². The van der Waals surface area contributed by atoms with Gasteiger partial charge in [0.2, 0.25) is 0 Å². The van der Waals surface area contributed by atoms with Crippen LogP contribution in [0.4, 0.5) is 0 Å². The van der Waals surface area contributed by atoms with Crippen LogP contribution in [-0.4, -0.2) is 42.9 Å². The van der Waals surface area contributed by atoms with Gasteiger partial charge in [0.1, 0.15) is 5.60 Å². The SMILES string of the molecule is OC(CC#CCN1CCOCC1)(c1ccccc1)c1ccccc1.[Cl-]. The Balaban J connectivity index is 0.00000225. The summed E-state index contributed by atoms with van der Waals surface area (Å²) in [5.74, 6) is 6.40. The van der Waals surface area contributed by atoms with E-state index in [0.717, 1.165) is 44.0 Å². The lowest BCUT2D eigenvalue weighted by Crippen LogP contribution is -3.00. The van der Waals surface area contributed by atoms with Gasteiger partial charge in [-0.1, -0.05) is 72.5 Å². The maximum absolute atomic E-state index is 11.4. The molecule has 2 aromatic rings. The zero-order chi connectivity index (χ0) is 16.7. The number of ether oxygens (including phenoxy) is 1. The van der Waals surface area contributed by atoms with E-state index in [1.807, 2.05) is 60.7 Å². The molecular formula is C21H23ClNO2-. The first-order chi connectivity index (χ1) is 11.8. The zero-order valence-corrected chi connectivity index (χ0v) is 15.0. The van der Waals surface area contributed by atoms with Crippen LogP contribution in [0.25, 0.3) is 0 Å². The molecular weight excluding hydrogens is 334 g/mol. The molecule has 1 N–H and O–H groups in total. The third-order valence-electron chi connectivity index (χ3n) is 4.38. The first-order valence-corrected chi connectivity index (χ1v) is 8.38. The Kier molecular flexibility index (Phi) is 7.49. The molecule has 0 amide bonds. The summed E-state index contributed by atoms with van der Waals surface area (Å²) in [6.45, 7) is 4.13. The quantitative estimate of drug-likeness (QED) is 0.760. The molecule has 0 bridgehead atoms. The van der Waals surface area contributed by atoms with Gasteiger partial charge in [0, 0.05) is 19.5 Å². The fourth-order valence-electron chi connectivity index (χ4n) is 2.92. The minimum Gasteiger partial charge on any atom is -1.00 e. The lowest BCUT2D eigenvalue weighted by molar-refractivity contribution is -0.0000103. The Morgan fingerprint density at radius 3 is 1.92 bits per heavy atom. The van der Waals surface area contributed by atoms with Crippen molar-refractivity contribution in [1.82, 2.24) is 4.90 Å². The van der Waals surface area contributed by atoms with E-state index in [1.54, 1.807) is 0 Å². The van der Waals surface area contributed by atoms with Crippen molar-refractivity contribution in [3.05, 3.63) is 71.8 Å². The van der Waals surface area contributed by atoms with Crippen molar-refractivity contribution in [2.75, 3.05) is 32.8 Å². The van der Waals surface area contributed by atoms with Crippen LogP contribution < -0.4 is 12.4 Å². The summed E-state index contributed by atoms with van der Waals surface area (Å²) in [7, 11) is 0. The molecule has 3 nitrogen and oxygen atoms in total. The number of morpholine rings is 1. The normalized spacial score (nSPS) is 14.9. The standard InChI is InChI=1S/C21H23NO2.ClH/c23-21(19-9-3-1-4-10-19,20-11-5-2-6-12-20)13-7-8-14-22-15-17-24-18-16-22;/h1-6,9-12,23H,13-18H2;1H/p-1. The highest BCUT2D eigenvalue weighted by molar-refractivity contribution is 5.37. The highest BCUT2D eigenvalue weighted by Crippen LogP contribution is 2.32. The Hall–Kier alpha value is -1.83. The van der Waals surface area contributed by atoms with E-state index < -0.39 is 5.60 Å². The molecule has 3 rings (SSSR count). The highest BCUT2D eigenvalue weighted by Gasteiger charge is 2.30. The van der Waals surface area contributed by atoms with Crippen molar-refractivity contribution in [3.8, 4) is 11.8 Å². The van der Waals surface area contributed by atoms with Gasteiger partial charge in [-0.2, -0.15) is 0 Å². The first kappa shape index (κ1) is 19.5. The average Bonchev–Trinajstić information content (AvgIpc) is 2.67. The Labute approximate surface area is 156 Å². The van der Waals surface area contributed by atoms with Gasteiger partial charge >= 0.3 is 0 Å². The molecule has 25 heavy (non-hydrogen) atoms. The van der Waals surface area contributed by atoms with Gasteiger partial charge in [0.25, 0.3) is 0 Å². The van der Waals surface area contributed by atoms with Gasteiger partial charge in [0.15, 0.2) is 0 Å². The van der Waals surface area contributed by atoms with Crippen LogP contribution in [0.5, 0.6) is 0 Å². The molecule has 1 fully saturated rings. The summed E-state index contributed by atoms with van der Waals surface area (Å²) in [4.78, 5) is 2.28. The van der Waals surface area contributed by atoms with Crippen LogP contribution in [0.2, 0.25) is 0 Å². The summed E-state index contributed by atoms with van der Waals surface area (Å²) in [6.07, 6.45) is 0.380. The van der Waals surface area contributed by atoms with E-state index >= 15 is 0 Å².